The van der Waals surface area contributed by atoms with Crippen LogP contribution in [0.15, 0.2) is 0 Å². The first-order valence-electron chi connectivity index (χ1n) is 4.68. The molecule has 2 N–H and O–H groups in total. The summed E-state index contributed by atoms with van der Waals surface area (Å²) in [4.78, 5) is 10.4. The van der Waals surface area contributed by atoms with Gasteiger partial charge in [0.25, 0.3) is 0 Å². The monoisotopic (exact) mass is 237 g/mol. The molecule has 15 heavy (non-hydrogen) atoms. The number of rotatable bonds is 7. The van der Waals surface area contributed by atoms with E-state index in [1.807, 2.05) is 0 Å². The Morgan fingerprint density at radius 2 is 2.20 bits per heavy atom. The molecule has 0 spiro atoms. The number of carboxylic acid groups (broad SMARTS) is 1. The molecule has 0 aromatic rings. The van der Waals surface area contributed by atoms with Crippen LogP contribution in [-0.2, 0) is 19.6 Å². The van der Waals surface area contributed by atoms with Crippen molar-refractivity contribution in [1.82, 2.24) is 4.72 Å². The van der Waals surface area contributed by atoms with E-state index >= 15 is 0 Å². The summed E-state index contributed by atoms with van der Waals surface area (Å²) in [7, 11) is -1.89. The third kappa shape index (κ3) is 4.15. The molecule has 0 radical (unpaired) electrons. The van der Waals surface area contributed by atoms with E-state index in [2.05, 4.69) is 4.72 Å². The van der Waals surface area contributed by atoms with Gasteiger partial charge in [0.1, 0.15) is 0 Å². The number of aliphatic carboxylic acids is 1. The van der Waals surface area contributed by atoms with Crippen molar-refractivity contribution in [3.63, 3.8) is 0 Å². The van der Waals surface area contributed by atoms with Gasteiger partial charge >= 0.3 is 5.97 Å². The van der Waals surface area contributed by atoms with Crippen LogP contribution >= 0.6 is 0 Å². The molecular formula is C8H15NO5S. The second kappa shape index (κ2) is 4.91. The molecular weight excluding hydrogens is 222 g/mol. The third-order valence-corrected chi connectivity index (χ3v) is 4.13. The van der Waals surface area contributed by atoms with Crippen molar-refractivity contribution in [2.24, 2.45) is 0 Å². The van der Waals surface area contributed by atoms with Gasteiger partial charge < -0.3 is 9.84 Å². The summed E-state index contributed by atoms with van der Waals surface area (Å²) in [6, 6.07) is 0. The number of hydrogen-bond acceptors (Lipinski definition) is 4. The largest absolute Gasteiger partial charge is 0.481 e. The summed E-state index contributed by atoms with van der Waals surface area (Å²) < 4.78 is 30.0. The van der Waals surface area contributed by atoms with E-state index < -0.39 is 22.1 Å². The summed E-state index contributed by atoms with van der Waals surface area (Å²) in [6.07, 6.45) is 0.553. The van der Waals surface area contributed by atoms with Crippen LogP contribution in [-0.4, -0.2) is 44.5 Å². The smallest absolute Gasteiger partial charge is 0.306 e. The van der Waals surface area contributed by atoms with Crippen LogP contribution in [0.25, 0.3) is 0 Å². The zero-order valence-electron chi connectivity index (χ0n) is 8.47. The second-order valence-corrected chi connectivity index (χ2v) is 5.59. The van der Waals surface area contributed by atoms with Crippen LogP contribution in [0.4, 0.5) is 0 Å². The summed E-state index contributed by atoms with van der Waals surface area (Å²) >= 11 is 0. The highest BCUT2D eigenvalue weighted by molar-refractivity contribution is 7.90. The van der Waals surface area contributed by atoms with Crippen LogP contribution in [0.2, 0.25) is 0 Å². The Hall–Kier alpha value is -0.660. The van der Waals surface area contributed by atoms with Crippen LogP contribution in [0.3, 0.4) is 0 Å². The summed E-state index contributed by atoms with van der Waals surface area (Å²) in [5, 5.41) is 8.22. The minimum Gasteiger partial charge on any atom is -0.481 e. The van der Waals surface area contributed by atoms with E-state index in [4.69, 9.17) is 9.84 Å². The molecule has 1 unspecified atom stereocenters. The number of carbonyl (C=O) groups is 1. The standard InChI is InChI=1S/C8H15NO5S/c1-14-6(4-8(10)11)5-9-15(12,13)7-2-3-7/h6-7,9H,2-5H2,1H3,(H,10,11). The molecule has 1 aliphatic carbocycles. The van der Waals surface area contributed by atoms with Gasteiger partial charge in [-0.15, -0.1) is 0 Å². The minimum atomic E-state index is -3.25. The lowest BCUT2D eigenvalue weighted by atomic mass is 10.2. The van der Waals surface area contributed by atoms with E-state index in [9.17, 15) is 13.2 Å². The average molecular weight is 237 g/mol. The van der Waals surface area contributed by atoms with E-state index in [1.54, 1.807) is 0 Å². The molecule has 1 saturated carbocycles. The quantitative estimate of drug-likeness (QED) is 0.626. The first kappa shape index (κ1) is 12.4. The maximum Gasteiger partial charge on any atom is 0.306 e. The molecule has 0 bridgehead atoms. The Labute approximate surface area is 88.7 Å². The SMILES string of the molecule is COC(CNS(=O)(=O)C1CC1)CC(=O)O. The van der Waals surface area contributed by atoms with E-state index in [0.29, 0.717) is 12.8 Å². The van der Waals surface area contributed by atoms with Crippen LogP contribution in [0.5, 0.6) is 0 Å². The van der Waals surface area contributed by atoms with Gasteiger partial charge in [0.15, 0.2) is 0 Å². The molecule has 1 atom stereocenters. The Bertz CT molecular complexity index is 322. The highest BCUT2D eigenvalue weighted by Crippen LogP contribution is 2.27. The first-order chi connectivity index (χ1) is 6.95. The van der Waals surface area contributed by atoms with Gasteiger partial charge in [-0.1, -0.05) is 0 Å². The number of methoxy groups -OCH3 is 1. The lowest BCUT2D eigenvalue weighted by Crippen LogP contribution is -2.36. The minimum absolute atomic E-state index is 0.0155. The highest BCUT2D eigenvalue weighted by Gasteiger charge is 2.35. The number of ether oxygens (including phenoxy) is 1. The molecule has 7 heteroatoms. The van der Waals surface area contributed by atoms with E-state index in [-0.39, 0.29) is 18.2 Å². The highest BCUT2D eigenvalue weighted by atomic mass is 32.2. The zero-order chi connectivity index (χ0) is 11.5. The van der Waals surface area contributed by atoms with Gasteiger partial charge in [0.05, 0.1) is 17.8 Å². The van der Waals surface area contributed by atoms with Gasteiger partial charge in [-0.2, -0.15) is 0 Å². The van der Waals surface area contributed by atoms with E-state index in [1.165, 1.54) is 7.11 Å². The maximum absolute atomic E-state index is 11.4. The molecule has 0 amide bonds. The van der Waals surface area contributed by atoms with Crippen LogP contribution in [0.1, 0.15) is 19.3 Å². The molecule has 1 aliphatic rings. The Morgan fingerprint density at radius 1 is 1.60 bits per heavy atom. The Balaban J connectivity index is 2.36. The molecule has 0 aliphatic heterocycles. The summed E-state index contributed by atoms with van der Waals surface area (Å²) in [6.45, 7) is 0.0155. The van der Waals surface area contributed by atoms with Crippen molar-refractivity contribution in [3.05, 3.63) is 0 Å². The molecule has 0 aromatic heterocycles. The molecule has 6 nitrogen and oxygen atoms in total. The number of sulfonamides is 1. The van der Waals surface area contributed by atoms with Crippen molar-refractivity contribution in [3.8, 4) is 0 Å². The van der Waals surface area contributed by atoms with Crippen molar-refractivity contribution in [2.45, 2.75) is 30.6 Å². The fourth-order valence-corrected chi connectivity index (χ4v) is 2.55. The molecule has 1 rings (SSSR count). The van der Waals surface area contributed by atoms with Crippen molar-refractivity contribution in [1.29, 1.82) is 0 Å². The van der Waals surface area contributed by atoms with Gasteiger partial charge in [-0.3, -0.25) is 4.79 Å². The fraction of sp³-hybridized carbons (Fsp3) is 0.875. The lowest BCUT2D eigenvalue weighted by molar-refractivity contribution is -0.139. The van der Waals surface area contributed by atoms with Crippen molar-refractivity contribution in [2.75, 3.05) is 13.7 Å². The molecule has 88 valence electrons. The number of carboxylic acids is 1. The summed E-state index contributed by atoms with van der Waals surface area (Å²) in [5.74, 6) is -1.01. The predicted molar refractivity (Wildman–Crippen MR) is 53.0 cm³/mol. The lowest BCUT2D eigenvalue weighted by Gasteiger charge is -2.13. The van der Waals surface area contributed by atoms with E-state index in [0.717, 1.165) is 0 Å². The second-order valence-electron chi connectivity index (χ2n) is 3.55. The van der Waals surface area contributed by atoms with Crippen LogP contribution < -0.4 is 4.72 Å². The maximum atomic E-state index is 11.4. The average Bonchev–Trinajstić information content (AvgIpc) is 2.94. The Morgan fingerprint density at radius 3 is 2.60 bits per heavy atom. The molecule has 1 fully saturated rings. The number of nitrogens with one attached hydrogen (secondary N) is 1. The Kier molecular flexibility index (Phi) is 4.06. The van der Waals surface area contributed by atoms with Crippen molar-refractivity contribution >= 4 is 16.0 Å². The third-order valence-electron chi connectivity index (χ3n) is 2.21. The topological polar surface area (TPSA) is 92.7 Å². The van der Waals surface area contributed by atoms with Crippen molar-refractivity contribution < 1.29 is 23.1 Å². The number of hydrogen-bond donors (Lipinski definition) is 2. The predicted octanol–water partition coefficient (Wildman–Crippen LogP) is -0.442. The fourth-order valence-electron chi connectivity index (χ4n) is 1.14. The summed E-state index contributed by atoms with van der Waals surface area (Å²) in [5.41, 5.74) is 0. The van der Waals surface area contributed by atoms with Gasteiger partial charge in [-0.05, 0) is 12.8 Å². The normalized spacial score (nSPS) is 18.7. The molecule has 0 aromatic carbocycles. The first-order valence-corrected chi connectivity index (χ1v) is 6.23. The molecule has 0 saturated heterocycles. The zero-order valence-corrected chi connectivity index (χ0v) is 9.29. The molecule has 0 heterocycles. The van der Waals surface area contributed by atoms with Gasteiger partial charge in [0, 0.05) is 13.7 Å². The van der Waals surface area contributed by atoms with Crippen LogP contribution in [0, 0.1) is 0 Å². The van der Waals surface area contributed by atoms with Gasteiger partial charge in [0.2, 0.25) is 10.0 Å². The van der Waals surface area contributed by atoms with Gasteiger partial charge in [-0.25, -0.2) is 13.1 Å².